The Morgan fingerprint density at radius 3 is 2.07 bits per heavy atom. The number of rotatable bonds is 8. The minimum absolute atomic E-state index is 0.0300. The zero-order valence-corrected chi connectivity index (χ0v) is 17.2. The Morgan fingerprint density at radius 1 is 0.897 bits per heavy atom. The van der Waals surface area contributed by atoms with Gasteiger partial charge in [-0.25, -0.2) is 0 Å². The van der Waals surface area contributed by atoms with E-state index in [4.69, 9.17) is 4.74 Å². The summed E-state index contributed by atoms with van der Waals surface area (Å²) in [6.07, 6.45) is 1.52. The summed E-state index contributed by atoms with van der Waals surface area (Å²) in [7, 11) is 0. The smallest absolute Gasteiger partial charge is 0.302 e. The molecule has 0 aromatic heterocycles. The van der Waals surface area contributed by atoms with E-state index in [2.05, 4.69) is 0 Å². The maximum absolute atomic E-state index is 12.1. The van der Waals surface area contributed by atoms with Gasteiger partial charge in [0.1, 0.15) is 11.5 Å². The van der Waals surface area contributed by atoms with Crippen molar-refractivity contribution >= 4 is 17.5 Å². The number of phenols is 2. The van der Waals surface area contributed by atoms with Crippen molar-refractivity contribution in [1.29, 1.82) is 0 Å². The predicted molar refractivity (Wildman–Crippen MR) is 108 cm³/mol. The molecule has 154 valence electrons. The number of phenolic OH excluding ortho intramolecular Hbond substituents is 2. The minimum atomic E-state index is -0.617. The molecule has 2 rings (SSSR count). The molecule has 0 bridgehead atoms. The quantitative estimate of drug-likeness (QED) is 0.305. The molecule has 2 aromatic rings. The van der Waals surface area contributed by atoms with Crippen LogP contribution >= 0.6 is 0 Å². The number of carbonyl (C=O) groups excluding carboxylic acids is 3. The maximum atomic E-state index is 12.1. The number of aromatic hydroxyl groups is 2. The second-order valence-corrected chi connectivity index (χ2v) is 7.23. The van der Waals surface area contributed by atoms with Crippen molar-refractivity contribution in [3.8, 4) is 11.5 Å². The summed E-state index contributed by atoms with van der Waals surface area (Å²) in [6, 6.07) is 6.69. The molecule has 29 heavy (non-hydrogen) atoms. The first-order valence-corrected chi connectivity index (χ1v) is 9.42. The summed E-state index contributed by atoms with van der Waals surface area (Å²) in [6.45, 7) is 6.34. The van der Waals surface area contributed by atoms with Gasteiger partial charge < -0.3 is 14.9 Å². The molecule has 0 spiro atoms. The van der Waals surface area contributed by atoms with Crippen molar-refractivity contribution < 1.29 is 29.3 Å². The lowest BCUT2D eigenvalue weighted by atomic mass is 9.93. The highest BCUT2D eigenvalue weighted by atomic mass is 16.5. The molecule has 0 atom stereocenters. The fraction of sp³-hybridized carbons (Fsp3) is 0.348. The van der Waals surface area contributed by atoms with Crippen LogP contribution in [0.5, 0.6) is 11.5 Å². The van der Waals surface area contributed by atoms with Crippen LogP contribution in [0.25, 0.3) is 0 Å². The molecule has 0 aliphatic carbocycles. The molecule has 0 aliphatic rings. The van der Waals surface area contributed by atoms with Gasteiger partial charge in [-0.05, 0) is 66.6 Å². The lowest BCUT2D eigenvalue weighted by Gasteiger charge is -2.14. The van der Waals surface area contributed by atoms with Crippen LogP contribution in [-0.4, -0.2) is 34.4 Å². The van der Waals surface area contributed by atoms with Gasteiger partial charge in [0.15, 0.2) is 5.78 Å². The molecule has 0 aliphatic heterocycles. The van der Waals surface area contributed by atoms with Crippen LogP contribution in [0.15, 0.2) is 24.3 Å². The summed E-state index contributed by atoms with van der Waals surface area (Å²) in [5.41, 5.74) is 3.43. The van der Waals surface area contributed by atoms with E-state index < -0.39 is 11.6 Å². The Kier molecular flexibility index (Phi) is 7.15. The topological polar surface area (TPSA) is 101 Å². The average Bonchev–Trinajstić information content (AvgIpc) is 2.65. The Hall–Kier alpha value is -3.15. The van der Waals surface area contributed by atoms with Gasteiger partial charge in [-0.3, -0.25) is 14.4 Å². The van der Waals surface area contributed by atoms with E-state index in [1.165, 1.54) is 26.0 Å². The van der Waals surface area contributed by atoms with Crippen LogP contribution in [0.4, 0.5) is 0 Å². The normalized spacial score (nSPS) is 10.6. The van der Waals surface area contributed by atoms with Crippen molar-refractivity contribution in [2.24, 2.45) is 0 Å². The molecule has 0 amide bonds. The maximum Gasteiger partial charge on any atom is 0.302 e. The van der Waals surface area contributed by atoms with Crippen molar-refractivity contribution in [3.63, 3.8) is 0 Å². The fourth-order valence-electron chi connectivity index (χ4n) is 3.23. The van der Waals surface area contributed by atoms with Gasteiger partial charge in [-0.1, -0.05) is 12.1 Å². The van der Waals surface area contributed by atoms with Gasteiger partial charge in [0.25, 0.3) is 0 Å². The highest BCUT2D eigenvalue weighted by Crippen LogP contribution is 2.32. The molecular formula is C23H26O6. The van der Waals surface area contributed by atoms with E-state index in [1.807, 2.05) is 12.1 Å². The number of benzene rings is 2. The van der Waals surface area contributed by atoms with E-state index in [-0.39, 0.29) is 29.5 Å². The van der Waals surface area contributed by atoms with E-state index in [9.17, 15) is 24.6 Å². The first-order valence-electron chi connectivity index (χ1n) is 9.42. The largest absolute Gasteiger partial charge is 0.507 e. The zero-order chi connectivity index (χ0) is 21.7. The van der Waals surface area contributed by atoms with Gasteiger partial charge in [-0.15, -0.1) is 0 Å². The van der Waals surface area contributed by atoms with E-state index >= 15 is 0 Å². The summed E-state index contributed by atoms with van der Waals surface area (Å²) in [5, 5.41) is 20.9. The molecule has 0 saturated heterocycles. The predicted octanol–water partition coefficient (Wildman–Crippen LogP) is 3.57. The van der Waals surface area contributed by atoms with Crippen LogP contribution in [0, 0.1) is 13.8 Å². The number of carbonyl (C=O) groups is 3. The first kappa shape index (κ1) is 22.1. The van der Waals surface area contributed by atoms with Gasteiger partial charge >= 0.3 is 5.97 Å². The van der Waals surface area contributed by atoms with Gasteiger partial charge in [0, 0.05) is 25.8 Å². The summed E-state index contributed by atoms with van der Waals surface area (Å²) >= 11 is 0. The molecule has 0 heterocycles. The second-order valence-electron chi connectivity index (χ2n) is 7.23. The van der Waals surface area contributed by atoms with Crippen molar-refractivity contribution in [1.82, 2.24) is 0 Å². The lowest BCUT2D eigenvalue weighted by molar-refractivity contribution is -0.141. The van der Waals surface area contributed by atoms with E-state index in [0.29, 0.717) is 41.7 Å². The molecule has 6 heteroatoms. The fourth-order valence-corrected chi connectivity index (χ4v) is 3.23. The lowest BCUT2D eigenvalue weighted by Crippen LogP contribution is -2.10. The molecule has 0 fully saturated rings. The highest BCUT2D eigenvalue weighted by molar-refractivity contribution is 6.42. The van der Waals surface area contributed by atoms with Gasteiger partial charge in [0.2, 0.25) is 5.78 Å². The number of Topliss-reactive ketones (excluding diaryl/α,β-unsaturated/α-hetero) is 2. The number of hydrogen-bond donors (Lipinski definition) is 2. The summed E-state index contributed by atoms with van der Waals surface area (Å²) in [5.74, 6) is -1.36. The molecule has 0 saturated carbocycles. The Morgan fingerprint density at radius 2 is 1.48 bits per heavy atom. The summed E-state index contributed by atoms with van der Waals surface area (Å²) in [4.78, 5) is 34.4. The van der Waals surface area contributed by atoms with Gasteiger partial charge in [-0.2, -0.15) is 0 Å². The van der Waals surface area contributed by atoms with Crippen molar-refractivity contribution in [2.45, 2.75) is 47.0 Å². The Labute approximate surface area is 170 Å². The van der Waals surface area contributed by atoms with Crippen LogP contribution < -0.4 is 0 Å². The third-order valence-corrected chi connectivity index (χ3v) is 4.70. The van der Waals surface area contributed by atoms with E-state index in [1.54, 1.807) is 13.8 Å². The molecule has 2 aromatic carbocycles. The average molecular weight is 398 g/mol. The standard InChI is InChI=1S/C23H26O6/c1-13-8-17(6-5-7-29-16(4)25)10-19(21(13)26)12-20-11-18(23(28)15(3)24)9-14(2)22(20)27/h8-11,26-27H,5-7,12H2,1-4H3. The second kappa shape index (κ2) is 9.37. The number of hydrogen-bond acceptors (Lipinski definition) is 6. The van der Waals surface area contributed by atoms with Crippen molar-refractivity contribution in [3.05, 3.63) is 57.6 Å². The Balaban J connectivity index is 2.32. The first-order chi connectivity index (χ1) is 13.6. The van der Waals surface area contributed by atoms with E-state index in [0.717, 1.165) is 5.56 Å². The SMILES string of the molecule is CC(=O)OCCCc1cc(C)c(O)c(Cc2cc(C(=O)C(C)=O)cc(C)c2O)c1. The van der Waals surface area contributed by atoms with Crippen LogP contribution in [0.3, 0.4) is 0 Å². The number of ether oxygens (including phenoxy) is 1. The zero-order valence-electron chi connectivity index (χ0n) is 17.2. The third kappa shape index (κ3) is 5.67. The molecular weight excluding hydrogens is 372 g/mol. The van der Waals surface area contributed by atoms with Crippen LogP contribution in [-0.2, 0) is 27.2 Å². The molecule has 0 unspecified atom stereocenters. The third-order valence-electron chi connectivity index (χ3n) is 4.70. The Bertz CT molecular complexity index is 958. The van der Waals surface area contributed by atoms with Crippen LogP contribution in [0.1, 0.15) is 58.4 Å². The molecule has 0 radical (unpaired) electrons. The molecule has 2 N–H and O–H groups in total. The minimum Gasteiger partial charge on any atom is -0.507 e. The summed E-state index contributed by atoms with van der Waals surface area (Å²) < 4.78 is 4.95. The monoisotopic (exact) mass is 398 g/mol. The highest BCUT2D eigenvalue weighted by Gasteiger charge is 2.17. The number of ketones is 2. The van der Waals surface area contributed by atoms with Crippen molar-refractivity contribution in [2.75, 3.05) is 6.61 Å². The van der Waals surface area contributed by atoms with Gasteiger partial charge in [0.05, 0.1) is 6.61 Å². The number of aryl methyl sites for hydroxylation is 3. The van der Waals surface area contributed by atoms with Crippen LogP contribution in [0.2, 0.25) is 0 Å². The number of esters is 1. The molecule has 6 nitrogen and oxygen atoms in total.